The summed E-state index contributed by atoms with van der Waals surface area (Å²) < 4.78 is 5.58. The molecule has 40 heavy (non-hydrogen) atoms. The summed E-state index contributed by atoms with van der Waals surface area (Å²) in [6.07, 6.45) is 6.34. The van der Waals surface area contributed by atoms with Crippen molar-refractivity contribution in [2.45, 2.75) is 91.5 Å². The van der Waals surface area contributed by atoms with E-state index in [0.717, 1.165) is 18.4 Å². The molecule has 0 saturated carbocycles. The van der Waals surface area contributed by atoms with Gasteiger partial charge in [0.15, 0.2) is 6.29 Å². The average Bonchev–Trinajstić information content (AvgIpc) is 2.94. The molecule has 1 unspecified atom stereocenters. The Kier molecular flexibility index (Phi) is 13.8. The number of aliphatic hydroxyl groups is 1. The molecule has 3 amide bonds. The maximum Gasteiger partial charge on any atom is 0.268 e. The van der Waals surface area contributed by atoms with Crippen LogP contribution in [0.4, 0.5) is 0 Å². The van der Waals surface area contributed by atoms with Gasteiger partial charge in [0, 0.05) is 31.5 Å². The number of nitrogens with two attached hydrogens (primary N) is 1. The maximum atomic E-state index is 13.8. The molecule has 0 bridgehead atoms. The predicted molar refractivity (Wildman–Crippen MR) is 154 cm³/mol. The molecule has 1 aliphatic rings. The van der Waals surface area contributed by atoms with Crippen LogP contribution >= 0.6 is 0 Å². The lowest BCUT2D eigenvalue weighted by Crippen LogP contribution is -2.63. The van der Waals surface area contributed by atoms with Gasteiger partial charge in [-0.3, -0.25) is 14.4 Å². The summed E-state index contributed by atoms with van der Waals surface area (Å²) in [6.45, 7) is 9.37. The summed E-state index contributed by atoms with van der Waals surface area (Å²) in [5.41, 5.74) is 8.67. The van der Waals surface area contributed by atoms with Gasteiger partial charge in [-0.25, -0.2) is 20.3 Å². The van der Waals surface area contributed by atoms with E-state index >= 15 is 0 Å². The van der Waals surface area contributed by atoms with Crippen LogP contribution in [-0.2, 0) is 24.0 Å². The van der Waals surface area contributed by atoms with Gasteiger partial charge in [-0.15, -0.1) is 0 Å². The fraction of sp³-hybridized carbons (Fsp3) is 0.633. The minimum atomic E-state index is -1.12. The van der Waals surface area contributed by atoms with E-state index in [4.69, 9.17) is 15.3 Å². The Balaban J connectivity index is 2.49. The number of ether oxygens (including phenoxy) is 1. The second-order valence-corrected chi connectivity index (χ2v) is 11.6. The Morgan fingerprint density at radius 3 is 2.48 bits per heavy atom. The standard InChI is InChI=1S/C30H48N4O6/c1-22(2)17-18-26(36)34(33(29(38)23(3)31)20-30(4,5)21-35)25(15-11-14-24-12-7-6-8-13-24)28(37)32-40-27-16-9-10-19-39-27/h6-8,11-14,22-23,25,27,35H,9-10,15-21,31H2,1-5H3,(H,32,37)/t23-,25+,27?/m1/s1. The Morgan fingerprint density at radius 1 is 1.20 bits per heavy atom. The monoisotopic (exact) mass is 560 g/mol. The van der Waals surface area contributed by atoms with E-state index < -0.39 is 41.5 Å². The molecular weight excluding hydrogens is 512 g/mol. The molecule has 1 aromatic rings. The normalized spacial score (nSPS) is 17.4. The number of carbonyl (C=O) groups is 3. The number of hydrogen-bond acceptors (Lipinski definition) is 7. The minimum absolute atomic E-state index is 0.0178. The summed E-state index contributed by atoms with van der Waals surface area (Å²) in [4.78, 5) is 46.6. The molecule has 1 aromatic carbocycles. The quantitative estimate of drug-likeness (QED) is 0.297. The van der Waals surface area contributed by atoms with Crippen molar-refractivity contribution in [1.82, 2.24) is 15.5 Å². The molecule has 0 aliphatic carbocycles. The number of nitrogens with one attached hydrogen (secondary N) is 1. The molecule has 0 radical (unpaired) electrons. The first-order valence-corrected chi connectivity index (χ1v) is 14.2. The number of nitrogens with zero attached hydrogens (tertiary/aromatic N) is 2. The smallest absolute Gasteiger partial charge is 0.268 e. The molecule has 0 aromatic heterocycles. The van der Waals surface area contributed by atoms with Crippen molar-refractivity contribution in [1.29, 1.82) is 0 Å². The van der Waals surface area contributed by atoms with E-state index in [1.807, 2.05) is 50.3 Å². The molecule has 2 rings (SSSR count). The van der Waals surface area contributed by atoms with Gasteiger partial charge in [0.1, 0.15) is 6.04 Å². The van der Waals surface area contributed by atoms with E-state index in [2.05, 4.69) is 5.48 Å². The van der Waals surface area contributed by atoms with Gasteiger partial charge in [0.25, 0.3) is 11.8 Å². The molecule has 10 nitrogen and oxygen atoms in total. The number of hydrazine groups is 1. The largest absolute Gasteiger partial charge is 0.396 e. The number of carbonyl (C=O) groups excluding carboxylic acids is 3. The summed E-state index contributed by atoms with van der Waals surface area (Å²) >= 11 is 0. The number of benzene rings is 1. The second-order valence-electron chi connectivity index (χ2n) is 11.6. The molecule has 1 aliphatic heterocycles. The third kappa shape index (κ3) is 11.0. The molecule has 10 heteroatoms. The highest BCUT2D eigenvalue weighted by molar-refractivity contribution is 5.90. The van der Waals surface area contributed by atoms with Crippen LogP contribution in [0.3, 0.4) is 0 Å². The van der Waals surface area contributed by atoms with E-state index in [-0.39, 0.29) is 31.9 Å². The Labute approximate surface area is 238 Å². The zero-order valence-electron chi connectivity index (χ0n) is 24.7. The molecule has 3 atom stereocenters. The number of hydrogen-bond donors (Lipinski definition) is 3. The van der Waals surface area contributed by atoms with Crippen molar-refractivity contribution in [3.05, 3.63) is 42.0 Å². The highest BCUT2D eigenvalue weighted by Crippen LogP contribution is 2.23. The van der Waals surface area contributed by atoms with Gasteiger partial charge in [-0.1, -0.05) is 70.2 Å². The third-order valence-electron chi connectivity index (χ3n) is 6.60. The molecule has 224 valence electrons. The summed E-state index contributed by atoms with van der Waals surface area (Å²) in [5.74, 6) is -1.28. The molecule has 1 fully saturated rings. The van der Waals surface area contributed by atoms with Gasteiger partial charge in [0.05, 0.1) is 12.6 Å². The van der Waals surface area contributed by atoms with E-state index in [1.165, 1.54) is 16.9 Å². The molecule has 4 N–H and O–H groups in total. The maximum absolute atomic E-state index is 13.8. The molecule has 1 saturated heterocycles. The molecule has 1 heterocycles. The topological polar surface area (TPSA) is 134 Å². The van der Waals surface area contributed by atoms with Crippen molar-refractivity contribution in [2.75, 3.05) is 19.8 Å². The highest BCUT2D eigenvalue weighted by Gasteiger charge is 2.39. The zero-order chi connectivity index (χ0) is 29.7. The third-order valence-corrected chi connectivity index (χ3v) is 6.60. The zero-order valence-corrected chi connectivity index (χ0v) is 24.7. The van der Waals surface area contributed by atoms with Crippen LogP contribution in [-0.4, -0.2) is 71.0 Å². The first-order chi connectivity index (χ1) is 18.9. The minimum Gasteiger partial charge on any atom is -0.396 e. The van der Waals surface area contributed by atoms with Crippen molar-refractivity contribution in [2.24, 2.45) is 17.1 Å². The van der Waals surface area contributed by atoms with Gasteiger partial charge in [-0.05, 0) is 44.1 Å². The van der Waals surface area contributed by atoms with Crippen molar-refractivity contribution >= 4 is 23.8 Å². The number of hydroxylamine groups is 1. The van der Waals surface area contributed by atoms with Crippen molar-refractivity contribution in [3.63, 3.8) is 0 Å². The second kappa shape index (κ2) is 16.5. The average molecular weight is 561 g/mol. The lowest BCUT2D eigenvalue weighted by Gasteiger charge is -2.43. The number of aliphatic hydroxyl groups excluding tert-OH is 1. The van der Waals surface area contributed by atoms with Crippen LogP contribution < -0.4 is 11.2 Å². The van der Waals surface area contributed by atoms with E-state index in [0.29, 0.717) is 19.4 Å². The van der Waals surface area contributed by atoms with Gasteiger partial charge in [0.2, 0.25) is 5.91 Å². The first-order valence-electron chi connectivity index (χ1n) is 14.2. The number of amides is 3. The molecular formula is C30H48N4O6. The predicted octanol–water partition coefficient (Wildman–Crippen LogP) is 3.41. The first kappa shape index (κ1) is 33.4. The van der Waals surface area contributed by atoms with Gasteiger partial charge < -0.3 is 15.6 Å². The lowest BCUT2D eigenvalue weighted by molar-refractivity contribution is -0.206. The van der Waals surface area contributed by atoms with Crippen LogP contribution in [0.1, 0.15) is 78.7 Å². The van der Waals surface area contributed by atoms with Gasteiger partial charge in [-0.2, -0.15) is 0 Å². The van der Waals surface area contributed by atoms with Crippen LogP contribution in [0.5, 0.6) is 0 Å². The van der Waals surface area contributed by atoms with E-state index in [9.17, 15) is 19.5 Å². The Morgan fingerprint density at radius 2 is 1.90 bits per heavy atom. The van der Waals surface area contributed by atoms with E-state index in [1.54, 1.807) is 19.9 Å². The molecule has 0 spiro atoms. The fourth-order valence-electron chi connectivity index (χ4n) is 4.17. The summed E-state index contributed by atoms with van der Waals surface area (Å²) in [6, 6.07) is 7.51. The summed E-state index contributed by atoms with van der Waals surface area (Å²) in [7, 11) is 0. The van der Waals surface area contributed by atoms with Crippen LogP contribution in [0.2, 0.25) is 0 Å². The van der Waals surface area contributed by atoms with Crippen molar-refractivity contribution in [3.8, 4) is 0 Å². The van der Waals surface area contributed by atoms with Gasteiger partial charge >= 0.3 is 0 Å². The fourth-order valence-corrected chi connectivity index (χ4v) is 4.17. The number of rotatable bonds is 14. The SMILES string of the molecule is CC(C)CCC(=O)N([C@@H](CC=Cc1ccccc1)C(=O)NOC1CCCCO1)N(CC(C)(C)CO)C(=O)[C@@H](C)N. The summed E-state index contributed by atoms with van der Waals surface area (Å²) in [5, 5.41) is 12.5. The van der Waals surface area contributed by atoms with Crippen molar-refractivity contribution < 1.29 is 29.1 Å². The van der Waals surface area contributed by atoms with Crippen LogP contribution in [0.25, 0.3) is 6.08 Å². The Hall–Kier alpha value is -2.79. The van der Waals surface area contributed by atoms with Crippen LogP contribution in [0, 0.1) is 11.3 Å². The highest BCUT2D eigenvalue weighted by atomic mass is 16.8. The Bertz CT molecular complexity index is 960. The van der Waals surface area contributed by atoms with Crippen LogP contribution in [0.15, 0.2) is 36.4 Å². The lowest BCUT2D eigenvalue weighted by atomic mass is 9.94.